The molecule has 154 valence electrons. The average Bonchev–Trinajstić information content (AvgIpc) is 2.63. The summed E-state index contributed by atoms with van der Waals surface area (Å²) in [6, 6.07) is 10.9. The molecule has 2 amide bonds. The molecule has 0 aromatic heterocycles. The molecule has 7 nitrogen and oxygen atoms in total. The van der Waals surface area contributed by atoms with Crippen LogP contribution < -0.4 is 10.6 Å². The second kappa shape index (κ2) is 9.42. The maximum Gasteiger partial charge on any atom is 0.242 e. The zero-order valence-electron chi connectivity index (χ0n) is 15.9. The van der Waals surface area contributed by atoms with Crippen molar-refractivity contribution in [3.63, 3.8) is 0 Å². The number of carbonyl (C=O) groups is 3. The summed E-state index contributed by atoms with van der Waals surface area (Å²) in [6.07, 6.45) is -0.0243. The van der Waals surface area contributed by atoms with Crippen LogP contribution in [0.2, 0.25) is 0 Å². The molecule has 0 fully saturated rings. The second-order valence-corrected chi connectivity index (χ2v) is 8.57. The predicted octanol–water partition coefficient (Wildman–Crippen LogP) is 2.80. The van der Waals surface area contributed by atoms with Crippen LogP contribution in [0.15, 0.2) is 48.5 Å². The third-order valence-corrected chi connectivity index (χ3v) is 6.19. The summed E-state index contributed by atoms with van der Waals surface area (Å²) >= 11 is 0. The van der Waals surface area contributed by atoms with Crippen LogP contribution in [0.1, 0.15) is 30.6 Å². The summed E-state index contributed by atoms with van der Waals surface area (Å²) in [5.41, 5.74) is 1.04. The molecule has 2 aromatic carbocycles. The van der Waals surface area contributed by atoms with Gasteiger partial charge < -0.3 is 10.6 Å². The quantitative estimate of drug-likeness (QED) is 0.638. The van der Waals surface area contributed by atoms with E-state index in [2.05, 4.69) is 10.6 Å². The number of halogens is 1. The van der Waals surface area contributed by atoms with Crippen molar-refractivity contribution in [1.82, 2.24) is 0 Å². The van der Waals surface area contributed by atoms with Crippen LogP contribution >= 0.6 is 0 Å². The third-order valence-electron chi connectivity index (χ3n) is 4.12. The fourth-order valence-electron chi connectivity index (χ4n) is 2.63. The summed E-state index contributed by atoms with van der Waals surface area (Å²) in [7, 11) is -4.09. The van der Waals surface area contributed by atoms with E-state index < -0.39 is 38.5 Å². The number of hydrogen-bond donors (Lipinski definition) is 2. The molecule has 2 rings (SSSR count). The van der Waals surface area contributed by atoms with E-state index >= 15 is 0 Å². The summed E-state index contributed by atoms with van der Waals surface area (Å²) in [6.45, 7) is 2.93. The molecule has 9 heteroatoms. The van der Waals surface area contributed by atoms with Crippen LogP contribution in [0.4, 0.5) is 15.8 Å². The van der Waals surface area contributed by atoms with E-state index in [4.69, 9.17) is 0 Å². The minimum absolute atomic E-state index is 0.0243. The maximum absolute atomic E-state index is 12.9. The molecule has 1 atom stereocenters. The van der Waals surface area contributed by atoms with Gasteiger partial charge in [0.15, 0.2) is 15.6 Å². The Morgan fingerprint density at radius 1 is 0.931 bits per heavy atom. The monoisotopic (exact) mass is 420 g/mol. The Kier molecular flexibility index (Phi) is 7.22. The Bertz CT molecular complexity index is 1000. The lowest BCUT2D eigenvalue weighted by Crippen LogP contribution is -2.39. The molecule has 0 saturated heterocycles. The van der Waals surface area contributed by atoms with Crippen molar-refractivity contribution in [3.05, 3.63) is 59.9 Å². The molecule has 1 unspecified atom stereocenters. The molecule has 0 heterocycles. The summed E-state index contributed by atoms with van der Waals surface area (Å²) < 4.78 is 38.0. The van der Waals surface area contributed by atoms with Crippen LogP contribution in [0.3, 0.4) is 0 Å². The number of amides is 2. The first kappa shape index (κ1) is 22.2. The first-order chi connectivity index (χ1) is 13.6. The zero-order chi connectivity index (χ0) is 21.6. The van der Waals surface area contributed by atoms with Gasteiger partial charge in [0.05, 0.1) is 0 Å². The van der Waals surface area contributed by atoms with Gasteiger partial charge in [0.2, 0.25) is 11.8 Å². The normalized spacial score (nSPS) is 12.1. The molecule has 0 saturated carbocycles. The highest BCUT2D eigenvalue weighted by Crippen LogP contribution is 2.15. The molecule has 2 N–H and O–H groups in total. The Labute approximate surface area is 168 Å². The lowest BCUT2D eigenvalue weighted by Gasteiger charge is -2.16. The number of hydrogen-bond acceptors (Lipinski definition) is 5. The van der Waals surface area contributed by atoms with E-state index in [9.17, 15) is 27.2 Å². The predicted molar refractivity (Wildman–Crippen MR) is 108 cm³/mol. The molecule has 0 aliphatic carbocycles. The lowest BCUT2D eigenvalue weighted by molar-refractivity contribution is -0.115. The molecule has 0 radical (unpaired) electrons. The number of Topliss-reactive ketones (excluding diaryl/α,β-unsaturated/α-hetero) is 1. The fraction of sp³-hybridized carbons (Fsp3) is 0.250. The van der Waals surface area contributed by atoms with Gasteiger partial charge in [-0.1, -0.05) is 6.92 Å². The molecule has 0 aliphatic heterocycles. The van der Waals surface area contributed by atoms with E-state index in [0.29, 0.717) is 11.3 Å². The molecule has 0 spiro atoms. The number of carbonyl (C=O) groups excluding carboxylic acids is 3. The number of sulfone groups is 1. The summed E-state index contributed by atoms with van der Waals surface area (Å²) in [4.78, 5) is 35.8. The largest absolute Gasteiger partial charge is 0.325 e. The topological polar surface area (TPSA) is 109 Å². The van der Waals surface area contributed by atoms with Gasteiger partial charge >= 0.3 is 0 Å². The summed E-state index contributed by atoms with van der Waals surface area (Å²) in [5.74, 6) is -3.11. The Hall–Kier alpha value is -3.07. The van der Waals surface area contributed by atoms with Crippen LogP contribution in [0.25, 0.3) is 0 Å². The highest BCUT2D eigenvalue weighted by Gasteiger charge is 2.33. The van der Waals surface area contributed by atoms with E-state index in [1.165, 1.54) is 50.2 Å². The number of benzene rings is 2. The summed E-state index contributed by atoms with van der Waals surface area (Å²) in [5, 5.41) is 3.43. The second-order valence-electron chi connectivity index (χ2n) is 6.38. The van der Waals surface area contributed by atoms with Crippen LogP contribution in [-0.4, -0.2) is 37.0 Å². The van der Waals surface area contributed by atoms with Crippen molar-refractivity contribution in [1.29, 1.82) is 0 Å². The molecule has 29 heavy (non-hydrogen) atoms. The number of rotatable bonds is 8. The minimum atomic E-state index is -4.09. The van der Waals surface area contributed by atoms with Gasteiger partial charge in [-0.3, -0.25) is 14.4 Å². The number of nitrogens with one attached hydrogen (secondary N) is 2. The van der Waals surface area contributed by atoms with Crippen molar-refractivity contribution >= 4 is 38.8 Å². The van der Waals surface area contributed by atoms with E-state index in [1.807, 2.05) is 0 Å². The van der Waals surface area contributed by atoms with Crippen molar-refractivity contribution in [2.24, 2.45) is 0 Å². The number of ketones is 1. The Morgan fingerprint density at radius 3 is 1.97 bits per heavy atom. The van der Waals surface area contributed by atoms with Crippen LogP contribution in [-0.2, 0) is 19.4 Å². The van der Waals surface area contributed by atoms with Gasteiger partial charge in [0.25, 0.3) is 0 Å². The van der Waals surface area contributed by atoms with Gasteiger partial charge in [0, 0.05) is 16.9 Å². The van der Waals surface area contributed by atoms with E-state index in [-0.39, 0.29) is 17.9 Å². The van der Waals surface area contributed by atoms with Crippen molar-refractivity contribution in [2.45, 2.75) is 25.5 Å². The highest BCUT2D eigenvalue weighted by molar-refractivity contribution is 7.93. The molecule has 0 aliphatic rings. The highest BCUT2D eigenvalue weighted by atomic mass is 32.2. The van der Waals surface area contributed by atoms with Crippen LogP contribution in [0.5, 0.6) is 0 Å². The van der Waals surface area contributed by atoms with Gasteiger partial charge in [-0.2, -0.15) is 0 Å². The average molecular weight is 420 g/mol. The molecule has 0 bridgehead atoms. The van der Waals surface area contributed by atoms with Gasteiger partial charge in [-0.15, -0.1) is 0 Å². The van der Waals surface area contributed by atoms with Gasteiger partial charge in [0.1, 0.15) is 16.8 Å². The first-order valence-electron chi connectivity index (χ1n) is 8.81. The molecular formula is C20H21FN2O5S. The van der Waals surface area contributed by atoms with Gasteiger partial charge in [-0.05, 0) is 61.9 Å². The maximum atomic E-state index is 12.9. The minimum Gasteiger partial charge on any atom is -0.325 e. The standard InChI is InChI=1S/C20H21FN2O5S/c1-3-18(20(26)23-17-8-4-14(5-9-17)13(2)24)29(27,28)12-19(25)22-16-10-6-15(21)7-11-16/h4-11,18H,3,12H2,1-2H3,(H,22,25)(H,23,26). The SMILES string of the molecule is CCC(C(=O)Nc1ccc(C(C)=O)cc1)S(=O)(=O)CC(=O)Nc1ccc(F)cc1. The number of anilines is 2. The molecule has 2 aromatic rings. The Morgan fingerprint density at radius 2 is 1.45 bits per heavy atom. The smallest absolute Gasteiger partial charge is 0.242 e. The first-order valence-corrected chi connectivity index (χ1v) is 10.5. The van der Waals surface area contributed by atoms with Crippen LogP contribution in [0, 0.1) is 5.82 Å². The Balaban J connectivity index is 2.05. The molecular weight excluding hydrogens is 399 g/mol. The van der Waals surface area contributed by atoms with Gasteiger partial charge in [-0.25, -0.2) is 12.8 Å². The van der Waals surface area contributed by atoms with Crippen molar-refractivity contribution in [3.8, 4) is 0 Å². The van der Waals surface area contributed by atoms with E-state index in [0.717, 1.165) is 12.1 Å². The third kappa shape index (κ3) is 6.21. The van der Waals surface area contributed by atoms with Crippen molar-refractivity contribution in [2.75, 3.05) is 16.4 Å². The zero-order valence-corrected chi connectivity index (χ0v) is 16.8. The fourth-order valence-corrected chi connectivity index (χ4v) is 4.16. The van der Waals surface area contributed by atoms with E-state index in [1.54, 1.807) is 0 Å². The lowest BCUT2D eigenvalue weighted by atomic mass is 10.1. The van der Waals surface area contributed by atoms with Crippen molar-refractivity contribution < 1.29 is 27.2 Å².